The van der Waals surface area contributed by atoms with Gasteiger partial charge in [0.05, 0.1) is 31.5 Å². The average molecular weight is 1490 g/mol. The highest BCUT2D eigenvalue weighted by molar-refractivity contribution is 6.21. The maximum Gasteiger partial charge on any atom is 0.393 e. The fourth-order valence-corrected chi connectivity index (χ4v) is 17.1. The van der Waals surface area contributed by atoms with E-state index >= 15 is 28.8 Å². The molecule has 13 atom stereocenters. The summed E-state index contributed by atoms with van der Waals surface area (Å²) in [6.45, 7) is 15.8. The number of nitrogens with one attached hydrogen (secondary N) is 3. The van der Waals surface area contributed by atoms with E-state index in [0.717, 1.165) is 30.6 Å². The highest BCUT2D eigenvalue weighted by Crippen LogP contribution is 2.50. The molecule has 2 saturated heterocycles. The SMILES string of the molecule is CCC[C@H]1C(=O)N[C@@H]([C@@H](C)CC)C(=O)N(C)CC(=O)N(C)[C@H]2C/C=C\CCN(C2=O)[C@@H](CC2CCC(C)CC2)C(=O)N(C)CC(=O)N[C@@H](CCC2CCC(C(F)(F)F)C(Cl)C2)C(=O)N2C[C@H](OCC)C[C@H]2C(=O)NC2(CC(C)(C)C2)C(=O)N(C)[C@@H](CC(C)C)C(=O)N(C)[C@H](C(=O)N(C)C)CC(=O)N1C. The largest absolute Gasteiger partial charge is 0.393 e. The van der Waals surface area contributed by atoms with Crippen LogP contribution in [-0.2, 0) is 62.3 Å². The molecule has 5 fully saturated rings. The first-order chi connectivity index (χ1) is 48.6. The van der Waals surface area contributed by atoms with Crippen molar-refractivity contribution in [2.75, 3.05) is 89.2 Å². The Hall–Kier alpha value is -6.58. The molecular weight excluding hydrogens is 1370 g/mol. The van der Waals surface area contributed by atoms with Crippen LogP contribution in [0, 0.1) is 40.9 Å². The number of carbonyl (C=O) groups is 12. The van der Waals surface area contributed by atoms with Crippen molar-refractivity contribution in [2.24, 2.45) is 40.9 Å². The molecule has 0 radical (unpaired) electrons. The minimum absolute atomic E-state index is 0.00715. The number of halogens is 4. The van der Waals surface area contributed by atoms with E-state index in [9.17, 15) is 41.9 Å². The van der Waals surface area contributed by atoms with E-state index in [4.69, 9.17) is 16.3 Å². The first kappa shape index (κ1) is 86.3. The number of hydrogen-bond donors (Lipinski definition) is 3. The molecule has 3 saturated carbocycles. The van der Waals surface area contributed by atoms with E-state index in [0.29, 0.717) is 25.2 Å². The number of carbonyl (C=O) groups excluding carboxylic acids is 12. The van der Waals surface area contributed by atoms with E-state index in [1.165, 1.54) is 95.6 Å². The molecule has 3 N–H and O–H groups in total. The van der Waals surface area contributed by atoms with Gasteiger partial charge in [-0.1, -0.05) is 106 Å². The van der Waals surface area contributed by atoms with Crippen LogP contribution in [0.25, 0.3) is 0 Å². The summed E-state index contributed by atoms with van der Waals surface area (Å²) in [7, 11) is 11.4. The number of amides is 12. The lowest BCUT2D eigenvalue weighted by molar-refractivity contribution is -0.182. The Balaban J connectivity index is 1.48. The predicted octanol–water partition coefficient (Wildman–Crippen LogP) is 6.38. The average Bonchev–Trinajstić information content (AvgIpc) is 0.888. The Morgan fingerprint density at radius 1 is 0.683 bits per heavy atom. The standard InChI is InChI=1S/C75H122ClF3N12O13/c1-18-24-54-64(95)81-63(47(7)19-2)71(102)85(13)42-62(94)87(15)55-25-22-21-23-34-90(70(55)101)59(37-49-28-26-46(6)27-29-49)68(99)84(12)41-60(92)80-53(33-31-48-30-32-51(52(76)36-48)75(77,78)79)66(97)91-40-50(104-20-3)38-56(91)65(96)82-74(43-73(8,9)44-74)72(103)89(17)57(35-45(4)5)69(100)88(16)58(67(98)83(10)11)39-61(93)86(54)14/h21-22,45-59,63H,18-20,23-44H2,1-17H3,(H,80,92)(H,81,95)(H,82,96)/b22-21-/t46?,47-,48?,49?,50+,51?,52?,53-,54-,55-,56-,57-,58-,59-,63-/m0/s1. The van der Waals surface area contributed by atoms with Crippen LogP contribution in [0.5, 0.6) is 0 Å². The molecule has 6 aliphatic rings. The van der Waals surface area contributed by atoms with Crippen molar-refractivity contribution in [1.82, 2.24) is 60.0 Å². The number of hydrogen-bond acceptors (Lipinski definition) is 13. The monoisotopic (exact) mass is 1490 g/mol. The zero-order chi connectivity index (χ0) is 77.8. The zero-order valence-corrected chi connectivity index (χ0v) is 65.7. The van der Waals surface area contributed by atoms with Gasteiger partial charge >= 0.3 is 6.18 Å². The van der Waals surface area contributed by atoms with Crippen molar-refractivity contribution < 1.29 is 75.4 Å². The second-order valence-electron chi connectivity index (χ2n) is 32.4. The third kappa shape index (κ3) is 21.6. The first-order valence-corrected chi connectivity index (χ1v) is 38.3. The Morgan fingerprint density at radius 3 is 1.89 bits per heavy atom. The molecule has 104 heavy (non-hydrogen) atoms. The molecule has 3 heterocycles. The van der Waals surface area contributed by atoms with E-state index in [-0.39, 0.29) is 109 Å². The summed E-state index contributed by atoms with van der Waals surface area (Å²) < 4.78 is 48.5. The van der Waals surface area contributed by atoms with Crippen molar-refractivity contribution in [3.63, 3.8) is 0 Å². The maximum absolute atomic E-state index is 15.6. The molecule has 0 aromatic heterocycles. The molecule has 0 aromatic carbocycles. The second kappa shape index (κ2) is 37.3. The molecule has 25 nitrogen and oxygen atoms in total. The summed E-state index contributed by atoms with van der Waals surface area (Å²) in [4.78, 5) is 192. The van der Waals surface area contributed by atoms with Crippen LogP contribution in [0.2, 0.25) is 0 Å². The summed E-state index contributed by atoms with van der Waals surface area (Å²) in [6.07, 6.45) is 2.67. The number of ether oxygens (including phenoxy) is 1. The fourth-order valence-electron chi connectivity index (χ4n) is 16.6. The van der Waals surface area contributed by atoms with Gasteiger partial charge in [0.25, 0.3) is 0 Å². The summed E-state index contributed by atoms with van der Waals surface area (Å²) in [5, 5.41) is 7.55. The molecule has 1 spiro atoms. The van der Waals surface area contributed by atoms with Gasteiger partial charge in [0.1, 0.15) is 53.9 Å². The summed E-state index contributed by atoms with van der Waals surface area (Å²) >= 11 is 6.46. The highest BCUT2D eigenvalue weighted by atomic mass is 35.5. The van der Waals surface area contributed by atoms with Crippen LogP contribution in [0.3, 0.4) is 0 Å². The molecule has 29 heteroatoms. The van der Waals surface area contributed by atoms with Gasteiger partial charge in [-0.05, 0) is 119 Å². The van der Waals surface area contributed by atoms with Gasteiger partial charge in [-0.25, -0.2) is 0 Å². The van der Waals surface area contributed by atoms with Gasteiger partial charge in [0, 0.05) is 87.9 Å². The Labute approximate surface area is 619 Å². The molecule has 3 aliphatic heterocycles. The molecule has 2 bridgehead atoms. The number of likely N-dealkylation sites (N-methyl/N-ethyl adjacent to an activating group) is 7. The number of alkyl halides is 4. The Bertz CT molecular complexity index is 3090. The smallest absolute Gasteiger partial charge is 0.377 e. The molecule has 3 unspecified atom stereocenters. The van der Waals surface area contributed by atoms with Crippen molar-refractivity contribution in [2.45, 2.75) is 262 Å². The van der Waals surface area contributed by atoms with Gasteiger partial charge < -0.3 is 64.8 Å². The van der Waals surface area contributed by atoms with E-state index in [1.807, 2.05) is 47.6 Å². The molecule has 0 aromatic rings. The minimum Gasteiger partial charge on any atom is -0.377 e. The molecule has 588 valence electrons. The lowest BCUT2D eigenvalue weighted by atomic mass is 9.58. The van der Waals surface area contributed by atoms with Crippen LogP contribution >= 0.6 is 11.6 Å². The highest BCUT2D eigenvalue weighted by Gasteiger charge is 2.59. The molecule has 6 rings (SSSR count). The summed E-state index contributed by atoms with van der Waals surface area (Å²) in [6, 6.07) is -10.2. The molecule has 12 amide bonds. The second-order valence-corrected chi connectivity index (χ2v) is 33.0. The van der Waals surface area contributed by atoms with Gasteiger partial charge in [-0.2, -0.15) is 13.2 Å². The fraction of sp³-hybridized carbons (Fsp3) is 0.813. The van der Waals surface area contributed by atoms with Crippen molar-refractivity contribution in [3.8, 4) is 0 Å². The maximum atomic E-state index is 15.6. The number of rotatable bonds is 14. The number of fused-ring (bicyclic) bond motifs is 3. The van der Waals surface area contributed by atoms with Crippen molar-refractivity contribution >= 4 is 82.5 Å². The third-order valence-corrected chi connectivity index (χ3v) is 23.4. The molecule has 3 aliphatic carbocycles. The van der Waals surface area contributed by atoms with Crippen LogP contribution in [-0.4, -0.2) is 276 Å². The summed E-state index contributed by atoms with van der Waals surface area (Å²) in [5.74, 6) is -10.5. The Kier molecular flexibility index (Phi) is 31.0. The first-order valence-electron chi connectivity index (χ1n) is 37.9. The predicted molar refractivity (Wildman–Crippen MR) is 387 cm³/mol. The van der Waals surface area contributed by atoms with Gasteiger partial charge in [-0.3, -0.25) is 57.5 Å². The van der Waals surface area contributed by atoms with Gasteiger partial charge in [0.2, 0.25) is 70.9 Å². The summed E-state index contributed by atoms with van der Waals surface area (Å²) in [5.41, 5.74) is -2.19. The van der Waals surface area contributed by atoms with Crippen LogP contribution < -0.4 is 16.0 Å². The quantitative estimate of drug-likeness (QED) is 0.126. The lowest BCUT2D eigenvalue weighted by Gasteiger charge is -2.54. The van der Waals surface area contributed by atoms with E-state index in [2.05, 4.69) is 22.9 Å². The van der Waals surface area contributed by atoms with Gasteiger partial charge in [-0.15, -0.1) is 11.6 Å². The third-order valence-electron chi connectivity index (χ3n) is 22.9. The Morgan fingerprint density at radius 2 is 1.32 bits per heavy atom. The normalized spacial score (nSPS) is 31.4. The molecular formula is C75H122ClF3N12O13. The van der Waals surface area contributed by atoms with Gasteiger partial charge in [0.15, 0.2) is 0 Å². The topological polar surface area (TPSA) is 279 Å². The van der Waals surface area contributed by atoms with E-state index < -0.39 is 185 Å². The number of nitrogens with zero attached hydrogens (tertiary/aromatic N) is 9. The van der Waals surface area contributed by atoms with E-state index in [1.54, 1.807) is 19.9 Å². The lowest BCUT2D eigenvalue weighted by Crippen LogP contribution is -2.71. The van der Waals surface area contributed by atoms with Crippen molar-refractivity contribution in [1.29, 1.82) is 0 Å². The zero-order valence-electron chi connectivity index (χ0n) is 64.9. The van der Waals surface area contributed by atoms with Crippen LogP contribution in [0.4, 0.5) is 13.2 Å². The minimum atomic E-state index is -4.53. The van der Waals surface area contributed by atoms with Crippen LogP contribution in [0.1, 0.15) is 191 Å². The van der Waals surface area contributed by atoms with Crippen molar-refractivity contribution in [3.05, 3.63) is 12.2 Å². The van der Waals surface area contributed by atoms with Crippen LogP contribution in [0.15, 0.2) is 12.2 Å².